The topological polar surface area (TPSA) is 78.5 Å². The third-order valence-corrected chi connectivity index (χ3v) is 4.41. The Labute approximate surface area is 142 Å². The molecule has 2 unspecified atom stereocenters. The summed E-state index contributed by atoms with van der Waals surface area (Å²) in [7, 11) is 0. The maximum absolute atomic E-state index is 12.6. The SMILES string of the molecule is CCCCC1(C)NC(=O)N(C(C)C(=O)Nc2ccc(C)cc2)C1=O. The summed E-state index contributed by atoms with van der Waals surface area (Å²) in [6, 6.07) is 5.97. The van der Waals surface area contributed by atoms with Crippen LogP contribution in [0.15, 0.2) is 24.3 Å². The minimum absolute atomic E-state index is 0.340. The molecular weight excluding hydrogens is 306 g/mol. The van der Waals surface area contributed by atoms with Crippen LogP contribution >= 0.6 is 0 Å². The normalized spacial score (nSPS) is 21.6. The molecule has 0 saturated carbocycles. The number of hydrogen-bond donors (Lipinski definition) is 2. The van der Waals surface area contributed by atoms with Gasteiger partial charge in [0.05, 0.1) is 0 Å². The van der Waals surface area contributed by atoms with Crippen LogP contribution in [-0.4, -0.2) is 34.3 Å². The highest BCUT2D eigenvalue weighted by Gasteiger charge is 2.50. The van der Waals surface area contributed by atoms with Crippen LogP contribution in [0.4, 0.5) is 10.5 Å². The first-order valence-electron chi connectivity index (χ1n) is 8.32. The van der Waals surface area contributed by atoms with Crippen LogP contribution in [0, 0.1) is 6.92 Å². The van der Waals surface area contributed by atoms with Gasteiger partial charge >= 0.3 is 6.03 Å². The molecule has 130 valence electrons. The molecule has 1 fully saturated rings. The van der Waals surface area contributed by atoms with E-state index in [0.29, 0.717) is 12.1 Å². The van der Waals surface area contributed by atoms with E-state index in [9.17, 15) is 14.4 Å². The smallest absolute Gasteiger partial charge is 0.324 e. The number of urea groups is 1. The Hall–Kier alpha value is -2.37. The second-order valence-electron chi connectivity index (χ2n) is 6.57. The van der Waals surface area contributed by atoms with Gasteiger partial charge in [0.1, 0.15) is 11.6 Å². The number of anilines is 1. The summed E-state index contributed by atoms with van der Waals surface area (Å²) < 4.78 is 0. The van der Waals surface area contributed by atoms with Crippen molar-refractivity contribution >= 4 is 23.5 Å². The minimum atomic E-state index is -0.925. The molecule has 1 aliphatic heterocycles. The molecule has 24 heavy (non-hydrogen) atoms. The Morgan fingerprint density at radius 2 is 1.92 bits per heavy atom. The van der Waals surface area contributed by atoms with E-state index in [1.165, 1.54) is 0 Å². The van der Waals surface area contributed by atoms with Crippen molar-refractivity contribution in [2.45, 2.75) is 58.5 Å². The van der Waals surface area contributed by atoms with Crippen molar-refractivity contribution in [2.75, 3.05) is 5.32 Å². The Morgan fingerprint density at radius 3 is 2.50 bits per heavy atom. The number of carbonyl (C=O) groups excluding carboxylic acids is 3. The Morgan fingerprint density at radius 1 is 1.29 bits per heavy atom. The number of nitrogens with one attached hydrogen (secondary N) is 2. The second-order valence-corrected chi connectivity index (χ2v) is 6.57. The maximum atomic E-state index is 12.6. The maximum Gasteiger partial charge on any atom is 0.325 e. The Balaban J connectivity index is 2.09. The third-order valence-electron chi connectivity index (χ3n) is 4.41. The quantitative estimate of drug-likeness (QED) is 0.787. The van der Waals surface area contributed by atoms with Gasteiger partial charge in [-0.15, -0.1) is 0 Å². The van der Waals surface area contributed by atoms with Gasteiger partial charge in [0.25, 0.3) is 5.91 Å². The predicted octanol–water partition coefficient (Wildman–Crippen LogP) is 2.82. The molecule has 2 rings (SSSR count). The van der Waals surface area contributed by atoms with Crippen LogP contribution in [-0.2, 0) is 9.59 Å². The van der Waals surface area contributed by atoms with Crippen LogP contribution in [0.3, 0.4) is 0 Å². The van der Waals surface area contributed by atoms with Crippen LogP contribution in [0.5, 0.6) is 0 Å². The minimum Gasteiger partial charge on any atom is -0.324 e. The van der Waals surface area contributed by atoms with Gasteiger partial charge in [0.15, 0.2) is 0 Å². The molecule has 1 aromatic rings. The van der Waals surface area contributed by atoms with E-state index < -0.39 is 17.6 Å². The molecule has 0 radical (unpaired) electrons. The van der Waals surface area contributed by atoms with Crippen LogP contribution in [0.25, 0.3) is 0 Å². The lowest BCUT2D eigenvalue weighted by Gasteiger charge is -2.24. The van der Waals surface area contributed by atoms with Crippen LogP contribution in [0.1, 0.15) is 45.6 Å². The van der Waals surface area contributed by atoms with Crippen molar-refractivity contribution in [1.82, 2.24) is 10.2 Å². The molecule has 0 spiro atoms. The molecule has 1 aliphatic rings. The number of aryl methyl sites for hydroxylation is 1. The zero-order valence-electron chi connectivity index (χ0n) is 14.7. The summed E-state index contributed by atoms with van der Waals surface area (Å²) in [5.74, 6) is -0.727. The zero-order chi connectivity index (χ0) is 17.9. The van der Waals surface area contributed by atoms with Crippen LogP contribution in [0.2, 0.25) is 0 Å². The van der Waals surface area contributed by atoms with Gasteiger partial charge in [0, 0.05) is 5.69 Å². The number of rotatable bonds is 6. The molecule has 4 amide bonds. The molecule has 6 heteroatoms. The van der Waals surface area contributed by atoms with Gasteiger partial charge in [-0.25, -0.2) is 9.69 Å². The van der Waals surface area contributed by atoms with Crippen molar-refractivity contribution in [2.24, 2.45) is 0 Å². The average molecular weight is 331 g/mol. The van der Waals surface area contributed by atoms with Crippen molar-refractivity contribution in [3.63, 3.8) is 0 Å². The number of nitrogens with zero attached hydrogens (tertiary/aromatic N) is 1. The third kappa shape index (κ3) is 3.58. The first-order chi connectivity index (χ1) is 11.3. The Bertz CT molecular complexity index is 641. The molecule has 1 aromatic carbocycles. The average Bonchev–Trinajstić information content (AvgIpc) is 2.76. The van der Waals surface area contributed by atoms with E-state index in [-0.39, 0.29) is 11.8 Å². The number of hydrogen-bond acceptors (Lipinski definition) is 3. The number of amides is 4. The standard InChI is InChI=1S/C18H25N3O3/c1-5-6-11-18(4)16(23)21(17(24)20-18)13(3)15(22)19-14-9-7-12(2)8-10-14/h7-10,13H,5-6,11H2,1-4H3,(H,19,22)(H,20,24). The predicted molar refractivity (Wildman–Crippen MR) is 92.6 cm³/mol. The molecule has 1 saturated heterocycles. The van der Waals surface area contributed by atoms with Crippen LogP contribution < -0.4 is 10.6 Å². The summed E-state index contributed by atoms with van der Waals surface area (Å²) in [6.07, 6.45) is 2.33. The van der Waals surface area contributed by atoms with E-state index in [4.69, 9.17) is 0 Å². The van der Waals surface area contributed by atoms with Gasteiger partial charge in [0.2, 0.25) is 5.91 Å². The van der Waals surface area contributed by atoms with Crippen molar-refractivity contribution in [3.8, 4) is 0 Å². The van der Waals surface area contributed by atoms with Gasteiger partial charge < -0.3 is 10.6 Å². The lowest BCUT2D eigenvalue weighted by molar-refractivity contribution is -0.136. The molecule has 0 aromatic heterocycles. The van der Waals surface area contributed by atoms with Gasteiger partial charge in [-0.1, -0.05) is 37.5 Å². The van der Waals surface area contributed by atoms with E-state index in [1.807, 2.05) is 26.0 Å². The van der Waals surface area contributed by atoms with Gasteiger partial charge in [-0.05, 0) is 39.3 Å². The van der Waals surface area contributed by atoms with Gasteiger partial charge in [-0.2, -0.15) is 0 Å². The molecule has 6 nitrogen and oxygen atoms in total. The first-order valence-corrected chi connectivity index (χ1v) is 8.32. The van der Waals surface area contributed by atoms with E-state index in [1.54, 1.807) is 26.0 Å². The second kappa shape index (κ2) is 7.03. The largest absolute Gasteiger partial charge is 0.325 e. The molecular formula is C18H25N3O3. The summed E-state index contributed by atoms with van der Waals surface area (Å²) in [5.41, 5.74) is 0.797. The van der Waals surface area contributed by atoms with E-state index >= 15 is 0 Å². The lowest BCUT2D eigenvalue weighted by Crippen LogP contribution is -2.48. The van der Waals surface area contributed by atoms with E-state index in [0.717, 1.165) is 23.3 Å². The number of unbranched alkanes of at least 4 members (excludes halogenated alkanes) is 1. The fraction of sp³-hybridized carbons (Fsp3) is 0.500. The fourth-order valence-electron chi connectivity index (χ4n) is 2.76. The molecule has 1 heterocycles. The van der Waals surface area contributed by atoms with Crippen molar-refractivity contribution in [3.05, 3.63) is 29.8 Å². The monoisotopic (exact) mass is 331 g/mol. The summed E-state index contributed by atoms with van der Waals surface area (Å²) in [6.45, 7) is 7.26. The van der Waals surface area contributed by atoms with E-state index in [2.05, 4.69) is 10.6 Å². The zero-order valence-corrected chi connectivity index (χ0v) is 14.7. The number of imide groups is 1. The molecule has 0 aliphatic carbocycles. The molecule has 2 atom stereocenters. The molecule has 2 N–H and O–H groups in total. The lowest BCUT2D eigenvalue weighted by atomic mass is 9.95. The summed E-state index contributed by atoms with van der Waals surface area (Å²) in [4.78, 5) is 38.3. The molecule has 0 bridgehead atoms. The Kier molecular flexibility index (Phi) is 5.26. The van der Waals surface area contributed by atoms with Crippen molar-refractivity contribution in [1.29, 1.82) is 0 Å². The number of benzene rings is 1. The fourth-order valence-corrected chi connectivity index (χ4v) is 2.76. The highest BCUT2D eigenvalue weighted by Crippen LogP contribution is 2.25. The highest BCUT2D eigenvalue weighted by molar-refractivity contribution is 6.10. The highest BCUT2D eigenvalue weighted by atomic mass is 16.2. The first kappa shape index (κ1) is 18.0. The van der Waals surface area contributed by atoms with Crippen molar-refractivity contribution < 1.29 is 14.4 Å². The number of carbonyl (C=O) groups is 3. The summed E-state index contributed by atoms with van der Waals surface area (Å²) in [5, 5.41) is 5.47. The summed E-state index contributed by atoms with van der Waals surface area (Å²) >= 11 is 0. The van der Waals surface area contributed by atoms with Gasteiger partial charge in [-0.3, -0.25) is 9.59 Å².